The van der Waals surface area contributed by atoms with Crippen molar-refractivity contribution < 1.29 is 4.74 Å². The largest absolute Gasteiger partial charge is 0.493 e. The van der Waals surface area contributed by atoms with Crippen molar-refractivity contribution in [2.45, 2.75) is 53.4 Å². The summed E-state index contributed by atoms with van der Waals surface area (Å²) in [6, 6.07) is 4.27. The van der Waals surface area contributed by atoms with Gasteiger partial charge in [0, 0.05) is 13.6 Å². The number of hydrogen-bond acceptors (Lipinski definition) is 2. The zero-order valence-corrected chi connectivity index (χ0v) is 15.4. The normalized spacial score (nSPS) is 20.0. The fraction of sp³-hybridized carbons (Fsp3) is 0.650. The predicted octanol–water partition coefficient (Wildman–Crippen LogP) is 5.12. The monoisotopic (exact) mass is 316 g/mol. The Balaban J connectivity index is 1.94. The van der Waals surface area contributed by atoms with Gasteiger partial charge in [0.2, 0.25) is 0 Å². The third-order valence-electron chi connectivity index (χ3n) is 4.65. The summed E-state index contributed by atoms with van der Waals surface area (Å²) in [7, 11) is 2.06. The molecule has 1 aliphatic carbocycles. The van der Waals surface area contributed by atoms with Crippen LogP contribution in [0.25, 0.3) is 0 Å². The van der Waals surface area contributed by atoms with Crippen LogP contribution in [0.1, 0.15) is 50.7 Å². The van der Waals surface area contributed by atoms with Gasteiger partial charge in [-0.15, -0.1) is 0 Å². The lowest BCUT2D eigenvalue weighted by molar-refractivity contribution is 0.288. The van der Waals surface area contributed by atoms with Gasteiger partial charge in [-0.3, -0.25) is 0 Å². The van der Waals surface area contributed by atoms with Gasteiger partial charge in [-0.25, -0.2) is 4.99 Å². The summed E-state index contributed by atoms with van der Waals surface area (Å²) in [6.45, 7) is 10.6. The summed E-state index contributed by atoms with van der Waals surface area (Å²) >= 11 is 0. The molecule has 1 aromatic rings. The molecule has 128 valence electrons. The van der Waals surface area contributed by atoms with E-state index in [2.05, 4.69) is 56.8 Å². The van der Waals surface area contributed by atoms with Crippen molar-refractivity contribution in [1.82, 2.24) is 4.90 Å². The van der Waals surface area contributed by atoms with E-state index in [4.69, 9.17) is 4.74 Å². The molecule has 2 atom stereocenters. The Labute approximate surface area is 141 Å². The molecular formula is C20H32N2O. The van der Waals surface area contributed by atoms with Gasteiger partial charge in [0.25, 0.3) is 0 Å². The second-order valence-electron chi connectivity index (χ2n) is 6.98. The first-order chi connectivity index (χ1) is 11.0. The van der Waals surface area contributed by atoms with Crippen LogP contribution >= 0.6 is 0 Å². The summed E-state index contributed by atoms with van der Waals surface area (Å²) in [5, 5.41) is 0. The van der Waals surface area contributed by atoms with Crippen molar-refractivity contribution >= 4 is 12.0 Å². The topological polar surface area (TPSA) is 24.8 Å². The van der Waals surface area contributed by atoms with Crippen molar-refractivity contribution in [2.75, 3.05) is 20.2 Å². The van der Waals surface area contributed by atoms with Gasteiger partial charge >= 0.3 is 0 Å². The Morgan fingerprint density at radius 3 is 2.65 bits per heavy atom. The van der Waals surface area contributed by atoms with E-state index >= 15 is 0 Å². The summed E-state index contributed by atoms with van der Waals surface area (Å²) < 4.78 is 6.07. The van der Waals surface area contributed by atoms with Crippen LogP contribution in [0.5, 0.6) is 5.75 Å². The Morgan fingerprint density at radius 1 is 1.17 bits per heavy atom. The molecule has 1 aromatic carbocycles. The number of rotatable bonds is 9. The predicted molar refractivity (Wildman–Crippen MR) is 99.0 cm³/mol. The Kier molecular flexibility index (Phi) is 6.49. The van der Waals surface area contributed by atoms with Gasteiger partial charge in [0.15, 0.2) is 0 Å². The molecule has 0 radical (unpaired) electrons. The first-order valence-electron chi connectivity index (χ1n) is 9.03. The maximum Gasteiger partial charge on any atom is 0.122 e. The molecule has 0 aromatic heterocycles. The molecule has 0 aliphatic heterocycles. The lowest BCUT2D eigenvalue weighted by Crippen LogP contribution is -2.16. The highest BCUT2D eigenvalue weighted by Crippen LogP contribution is 2.42. The van der Waals surface area contributed by atoms with E-state index in [1.165, 1.54) is 30.4 Å². The summed E-state index contributed by atoms with van der Waals surface area (Å²) in [5.41, 5.74) is 3.38. The molecule has 1 saturated carbocycles. The van der Waals surface area contributed by atoms with Crippen molar-refractivity contribution in [1.29, 1.82) is 0 Å². The van der Waals surface area contributed by atoms with Crippen LogP contribution in [-0.4, -0.2) is 31.4 Å². The number of hydrogen-bond donors (Lipinski definition) is 0. The number of aryl methyl sites for hydroxylation is 2. The van der Waals surface area contributed by atoms with E-state index in [0.717, 1.165) is 42.8 Å². The molecular weight excluding hydrogens is 284 g/mol. The van der Waals surface area contributed by atoms with Gasteiger partial charge in [0.1, 0.15) is 5.75 Å². The molecule has 3 nitrogen and oxygen atoms in total. The number of benzene rings is 1. The van der Waals surface area contributed by atoms with Crippen molar-refractivity contribution in [3.63, 3.8) is 0 Å². The number of ether oxygens (including phenoxy) is 1. The Morgan fingerprint density at radius 2 is 1.96 bits per heavy atom. The third-order valence-corrected chi connectivity index (χ3v) is 4.65. The van der Waals surface area contributed by atoms with Gasteiger partial charge in [-0.2, -0.15) is 0 Å². The van der Waals surface area contributed by atoms with E-state index in [9.17, 15) is 0 Å². The minimum Gasteiger partial charge on any atom is -0.493 e. The number of aliphatic imine (C=N–C) groups is 1. The highest BCUT2D eigenvalue weighted by Gasteiger charge is 2.36. The molecule has 0 spiro atoms. The molecule has 23 heavy (non-hydrogen) atoms. The van der Waals surface area contributed by atoms with E-state index in [-0.39, 0.29) is 0 Å². The van der Waals surface area contributed by atoms with Crippen LogP contribution in [0, 0.1) is 25.7 Å². The zero-order chi connectivity index (χ0) is 16.8. The summed E-state index contributed by atoms with van der Waals surface area (Å²) in [5.74, 6) is 2.69. The lowest BCUT2D eigenvalue weighted by atomic mass is 10.1. The van der Waals surface area contributed by atoms with Crippen molar-refractivity contribution in [3.8, 4) is 5.75 Å². The average Bonchev–Trinajstić information content (AvgIpc) is 3.25. The first kappa shape index (κ1) is 17.8. The minimum atomic E-state index is 0.773. The Hall–Kier alpha value is -1.51. The second kappa shape index (κ2) is 8.37. The van der Waals surface area contributed by atoms with Crippen molar-refractivity contribution in [2.24, 2.45) is 16.8 Å². The molecule has 0 saturated heterocycles. The first-order valence-corrected chi connectivity index (χ1v) is 9.03. The molecule has 1 fully saturated rings. The maximum absolute atomic E-state index is 6.07. The molecule has 1 aliphatic rings. The van der Waals surface area contributed by atoms with Crippen LogP contribution in [0.2, 0.25) is 0 Å². The highest BCUT2D eigenvalue weighted by molar-refractivity contribution is 5.64. The van der Waals surface area contributed by atoms with Gasteiger partial charge in [-0.05, 0) is 61.8 Å². The SMILES string of the molecule is CCCC1CC1COc1cc(C)c(N=CN(C)CCC)cc1C. The molecule has 0 bridgehead atoms. The number of nitrogens with zero attached hydrogens (tertiary/aromatic N) is 2. The standard InChI is InChI=1S/C20H32N2O/c1-6-8-17-12-18(17)13-23-20-11-15(3)19(10-16(20)4)21-14-22(5)9-7-2/h10-11,14,17-18H,6-9,12-13H2,1-5H3. The molecule has 2 unspecified atom stereocenters. The van der Waals surface area contributed by atoms with Crippen LogP contribution in [0.4, 0.5) is 5.69 Å². The molecule has 0 amide bonds. The lowest BCUT2D eigenvalue weighted by Gasteiger charge is -2.13. The van der Waals surface area contributed by atoms with Gasteiger partial charge in [-0.1, -0.05) is 26.7 Å². The van der Waals surface area contributed by atoms with Crippen LogP contribution in [-0.2, 0) is 0 Å². The smallest absolute Gasteiger partial charge is 0.122 e. The zero-order valence-electron chi connectivity index (χ0n) is 15.4. The van der Waals surface area contributed by atoms with Crippen LogP contribution in [0.15, 0.2) is 17.1 Å². The fourth-order valence-electron chi connectivity index (χ4n) is 3.08. The minimum absolute atomic E-state index is 0.773. The Bertz CT molecular complexity index is 539. The maximum atomic E-state index is 6.07. The molecule has 0 N–H and O–H groups in total. The second-order valence-corrected chi connectivity index (χ2v) is 6.98. The van der Waals surface area contributed by atoms with Gasteiger partial charge in [0.05, 0.1) is 18.6 Å². The van der Waals surface area contributed by atoms with E-state index in [0.29, 0.717) is 0 Å². The molecule has 2 rings (SSSR count). The van der Waals surface area contributed by atoms with E-state index in [1.807, 2.05) is 6.34 Å². The van der Waals surface area contributed by atoms with E-state index in [1.54, 1.807) is 0 Å². The van der Waals surface area contributed by atoms with E-state index < -0.39 is 0 Å². The third kappa shape index (κ3) is 5.26. The highest BCUT2D eigenvalue weighted by atomic mass is 16.5. The van der Waals surface area contributed by atoms with Gasteiger partial charge < -0.3 is 9.64 Å². The van der Waals surface area contributed by atoms with Crippen LogP contribution in [0.3, 0.4) is 0 Å². The molecule has 3 heteroatoms. The quantitative estimate of drug-likeness (QED) is 0.466. The molecule has 0 heterocycles. The average molecular weight is 316 g/mol. The fourth-order valence-corrected chi connectivity index (χ4v) is 3.08. The summed E-state index contributed by atoms with van der Waals surface area (Å²) in [6.07, 6.45) is 7.04. The van der Waals surface area contributed by atoms with Crippen LogP contribution < -0.4 is 4.74 Å². The van der Waals surface area contributed by atoms with Crippen molar-refractivity contribution in [3.05, 3.63) is 23.3 Å². The summed E-state index contributed by atoms with van der Waals surface area (Å²) in [4.78, 5) is 6.74.